The van der Waals surface area contributed by atoms with Crippen LogP contribution in [0, 0.1) is 0 Å². The largest absolute Gasteiger partial charge is 0.324 e. The van der Waals surface area contributed by atoms with Crippen molar-refractivity contribution in [3.8, 4) is 0 Å². The minimum Gasteiger partial charge on any atom is -0.324 e. The first-order valence-electron chi connectivity index (χ1n) is 8.77. The third kappa shape index (κ3) is 4.45. The number of aryl methyl sites for hydroxylation is 2. The van der Waals surface area contributed by atoms with Crippen LogP contribution in [-0.4, -0.2) is 15.9 Å². The Hall–Kier alpha value is -3.21. The summed E-state index contributed by atoms with van der Waals surface area (Å²) in [5.74, 6) is 0.129. The lowest BCUT2D eigenvalue weighted by atomic mass is 10.1. The van der Waals surface area contributed by atoms with E-state index in [0.29, 0.717) is 11.6 Å². The molecule has 5 nitrogen and oxygen atoms in total. The number of anilines is 3. The molecule has 1 aromatic heterocycles. The lowest BCUT2D eigenvalue weighted by Gasteiger charge is -2.08. The van der Waals surface area contributed by atoms with Gasteiger partial charge in [0.2, 0.25) is 5.95 Å². The topological polar surface area (TPSA) is 66.9 Å². The van der Waals surface area contributed by atoms with Crippen LogP contribution in [-0.2, 0) is 12.8 Å². The molecule has 0 saturated carbocycles. The number of rotatable bonds is 6. The number of hydrogen-bond donors (Lipinski definition) is 2. The fraction of sp³-hybridized carbons (Fsp3) is 0.190. The van der Waals surface area contributed by atoms with Crippen LogP contribution < -0.4 is 10.6 Å². The molecule has 0 spiro atoms. The summed E-state index contributed by atoms with van der Waals surface area (Å²) in [5, 5.41) is 5.99. The maximum absolute atomic E-state index is 12.4. The Morgan fingerprint density at radius 3 is 2.00 bits per heavy atom. The molecular weight excluding hydrogens is 324 g/mol. The van der Waals surface area contributed by atoms with E-state index in [0.717, 1.165) is 24.2 Å². The van der Waals surface area contributed by atoms with Crippen molar-refractivity contribution in [1.82, 2.24) is 9.97 Å². The Balaban J connectivity index is 1.69. The zero-order valence-electron chi connectivity index (χ0n) is 15.0. The summed E-state index contributed by atoms with van der Waals surface area (Å²) >= 11 is 0. The van der Waals surface area contributed by atoms with Crippen LogP contribution in [0.1, 0.15) is 35.5 Å². The summed E-state index contributed by atoms with van der Waals surface area (Å²) in [6.45, 7) is 4.21. The molecule has 0 unspecified atom stereocenters. The maximum Gasteiger partial charge on any atom is 0.274 e. The van der Waals surface area contributed by atoms with E-state index >= 15 is 0 Å². The number of nitrogens with one attached hydrogen (secondary N) is 2. The average Bonchev–Trinajstić information content (AvgIpc) is 2.69. The molecule has 0 atom stereocenters. The highest BCUT2D eigenvalue weighted by molar-refractivity contribution is 6.03. The molecule has 0 aliphatic rings. The smallest absolute Gasteiger partial charge is 0.274 e. The SMILES string of the molecule is CCc1ccc(NC(=O)c2ccnc(Nc3ccc(CC)cc3)n2)cc1. The van der Waals surface area contributed by atoms with Gasteiger partial charge in [0.05, 0.1) is 0 Å². The van der Waals surface area contributed by atoms with E-state index in [2.05, 4.69) is 46.6 Å². The number of aromatic nitrogens is 2. The molecule has 0 fully saturated rings. The molecule has 5 heteroatoms. The summed E-state index contributed by atoms with van der Waals surface area (Å²) in [7, 11) is 0. The maximum atomic E-state index is 12.4. The van der Waals surface area contributed by atoms with Crippen molar-refractivity contribution < 1.29 is 4.79 Å². The highest BCUT2D eigenvalue weighted by atomic mass is 16.1. The van der Waals surface area contributed by atoms with E-state index < -0.39 is 0 Å². The quantitative estimate of drug-likeness (QED) is 0.685. The predicted octanol–water partition coefficient (Wildman–Crippen LogP) is 4.60. The van der Waals surface area contributed by atoms with E-state index in [1.54, 1.807) is 12.3 Å². The summed E-state index contributed by atoms with van der Waals surface area (Å²) in [6, 6.07) is 17.5. The van der Waals surface area contributed by atoms with Crippen LogP contribution in [0.15, 0.2) is 60.8 Å². The summed E-state index contributed by atoms with van der Waals surface area (Å²) in [5.41, 5.74) is 4.43. The zero-order valence-corrected chi connectivity index (χ0v) is 15.0. The Morgan fingerprint density at radius 2 is 1.42 bits per heavy atom. The van der Waals surface area contributed by atoms with E-state index in [4.69, 9.17) is 0 Å². The van der Waals surface area contributed by atoms with E-state index in [1.165, 1.54) is 11.1 Å². The third-order valence-corrected chi connectivity index (χ3v) is 4.13. The number of amides is 1. The zero-order chi connectivity index (χ0) is 18.4. The summed E-state index contributed by atoms with van der Waals surface area (Å²) < 4.78 is 0. The predicted molar refractivity (Wildman–Crippen MR) is 105 cm³/mol. The number of carbonyl (C=O) groups excluding carboxylic acids is 1. The molecular formula is C21H22N4O. The fourth-order valence-corrected chi connectivity index (χ4v) is 2.52. The van der Waals surface area contributed by atoms with Crippen LogP contribution in [0.5, 0.6) is 0 Å². The second kappa shape index (κ2) is 8.25. The van der Waals surface area contributed by atoms with Gasteiger partial charge in [-0.1, -0.05) is 38.1 Å². The third-order valence-electron chi connectivity index (χ3n) is 4.13. The molecule has 2 aromatic carbocycles. The monoisotopic (exact) mass is 346 g/mol. The first kappa shape index (κ1) is 17.6. The molecule has 0 aliphatic heterocycles. The number of nitrogens with zero attached hydrogens (tertiary/aromatic N) is 2. The Bertz CT molecular complexity index is 873. The van der Waals surface area contributed by atoms with Crippen LogP contribution in [0.3, 0.4) is 0 Å². The number of hydrogen-bond acceptors (Lipinski definition) is 4. The average molecular weight is 346 g/mol. The minimum absolute atomic E-state index is 0.263. The Labute approximate surface area is 153 Å². The van der Waals surface area contributed by atoms with Crippen molar-refractivity contribution in [3.63, 3.8) is 0 Å². The molecule has 0 saturated heterocycles. The van der Waals surface area contributed by atoms with Gasteiger partial charge in [0, 0.05) is 17.6 Å². The van der Waals surface area contributed by atoms with Crippen molar-refractivity contribution in [3.05, 3.63) is 77.6 Å². The summed E-state index contributed by atoms with van der Waals surface area (Å²) in [4.78, 5) is 20.9. The normalized spacial score (nSPS) is 10.4. The molecule has 0 radical (unpaired) electrons. The van der Waals surface area contributed by atoms with E-state index in [1.807, 2.05) is 36.4 Å². The van der Waals surface area contributed by atoms with Gasteiger partial charge in [-0.25, -0.2) is 9.97 Å². The van der Waals surface area contributed by atoms with Gasteiger partial charge in [-0.15, -0.1) is 0 Å². The standard InChI is InChI=1S/C21H22N4O/c1-3-15-5-9-17(10-6-15)23-20(26)19-13-14-22-21(25-19)24-18-11-7-16(4-2)8-12-18/h5-14H,3-4H2,1-2H3,(H,23,26)(H,22,24,25). The van der Waals surface area contributed by atoms with Crippen LogP contribution in [0.4, 0.5) is 17.3 Å². The number of benzene rings is 2. The molecule has 132 valence electrons. The first-order chi connectivity index (χ1) is 12.7. The summed E-state index contributed by atoms with van der Waals surface area (Å²) in [6.07, 6.45) is 3.53. The van der Waals surface area contributed by atoms with Crippen molar-refractivity contribution in [2.45, 2.75) is 26.7 Å². The van der Waals surface area contributed by atoms with E-state index in [-0.39, 0.29) is 5.91 Å². The molecule has 1 amide bonds. The fourth-order valence-electron chi connectivity index (χ4n) is 2.52. The second-order valence-corrected chi connectivity index (χ2v) is 5.95. The van der Waals surface area contributed by atoms with Crippen LogP contribution >= 0.6 is 0 Å². The Morgan fingerprint density at radius 1 is 0.846 bits per heavy atom. The lowest BCUT2D eigenvalue weighted by Crippen LogP contribution is -2.14. The highest BCUT2D eigenvalue weighted by Gasteiger charge is 2.09. The molecule has 0 bridgehead atoms. The minimum atomic E-state index is -0.263. The Kier molecular flexibility index (Phi) is 5.59. The van der Waals surface area contributed by atoms with Crippen molar-refractivity contribution in [1.29, 1.82) is 0 Å². The van der Waals surface area contributed by atoms with Gasteiger partial charge in [-0.05, 0) is 54.3 Å². The van der Waals surface area contributed by atoms with Gasteiger partial charge < -0.3 is 10.6 Å². The van der Waals surface area contributed by atoms with Gasteiger partial charge in [-0.2, -0.15) is 0 Å². The van der Waals surface area contributed by atoms with Crippen molar-refractivity contribution >= 4 is 23.2 Å². The lowest BCUT2D eigenvalue weighted by molar-refractivity contribution is 0.102. The first-order valence-corrected chi connectivity index (χ1v) is 8.77. The number of carbonyl (C=O) groups is 1. The van der Waals surface area contributed by atoms with Crippen LogP contribution in [0.25, 0.3) is 0 Å². The molecule has 26 heavy (non-hydrogen) atoms. The van der Waals surface area contributed by atoms with Gasteiger partial charge in [0.25, 0.3) is 5.91 Å². The second-order valence-electron chi connectivity index (χ2n) is 5.95. The van der Waals surface area contributed by atoms with E-state index in [9.17, 15) is 4.79 Å². The van der Waals surface area contributed by atoms with Crippen molar-refractivity contribution in [2.24, 2.45) is 0 Å². The highest BCUT2D eigenvalue weighted by Crippen LogP contribution is 2.15. The molecule has 0 aliphatic carbocycles. The van der Waals surface area contributed by atoms with Gasteiger partial charge in [0.1, 0.15) is 5.69 Å². The van der Waals surface area contributed by atoms with Gasteiger partial charge in [0.15, 0.2) is 0 Å². The van der Waals surface area contributed by atoms with Gasteiger partial charge >= 0.3 is 0 Å². The molecule has 3 aromatic rings. The molecule has 1 heterocycles. The molecule has 3 rings (SSSR count). The van der Waals surface area contributed by atoms with Crippen LogP contribution in [0.2, 0.25) is 0 Å². The van der Waals surface area contributed by atoms with Crippen molar-refractivity contribution in [2.75, 3.05) is 10.6 Å². The van der Waals surface area contributed by atoms with Gasteiger partial charge in [-0.3, -0.25) is 4.79 Å². The molecule has 2 N–H and O–H groups in total.